The maximum absolute atomic E-state index is 12.5. The lowest BCUT2D eigenvalue weighted by Gasteiger charge is -2.28. The molecule has 138 valence electrons. The number of carbonyl (C=O) groups excluding carboxylic acids is 1. The van der Waals surface area contributed by atoms with Crippen molar-refractivity contribution in [1.29, 1.82) is 0 Å². The molecule has 4 rings (SSSR count). The summed E-state index contributed by atoms with van der Waals surface area (Å²) < 4.78 is 10.6. The number of benzene rings is 1. The predicted octanol–water partition coefficient (Wildman–Crippen LogP) is 1.95. The zero-order valence-corrected chi connectivity index (χ0v) is 14.7. The number of hydrogen-bond donors (Lipinski definition) is 1. The Morgan fingerprint density at radius 2 is 1.96 bits per heavy atom. The first-order chi connectivity index (χ1) is 13.2. The average Bonchev–Trinajstić information content (AvgIpc) is 2.72. The van der Waals surface area contributed by atoms with Crippen LogP contribution in [0.3, 0.4) is 0 Å². The third kappa shape index (κ3) is 3.83. The molecule has 7 heteroatoms. The zero-order valence-electron chi connectivity index (χ0n) is 14.7. The second-order valence-corrected chi connectivity index (χ2v) is 6.29. The number of pyridine rings is 1. The largest absolute Gasteiger partial charge is 0.422 e. The molecular weight excluding hydrogens is 346 g/mol. The molecule has 0 bridgehead atoms. The van der Waals surface area contributed by atoms with Gasteiger partial charge in [0.25, 0.3) is 5.91 Å². The standard InChI is InChI=1S/C20H19N3O4/c24-19(16-12-15-3-1-2-4-17(15)27-20(16)25)22-13-14-5-6-21-18(11-14)23-7-9-26-10-8-23/h1-6,11-12H,7-10,13H2,(H,22,24). The number of rotatable bonds is 4. The Kier molecular flexibility index (Phi) is 4.84. The minimum absolute atomic E-state index is 0.00356. The van der Waals surface area contributed by atoms with Crippen molar-refractivity contribution in [1.82, 2.24) is 10.3 Å². The van der Waals surface area contributed by atoms with E-state index in [9.17, 15) is 9.59 Å². The molecule has 0 atom stereocenters. The third-order valence-corrected chi connectivity index (χ3v) is 4.48. The topological polar surface area (TPSA) is 84.7 Å². The van der Waals surface area contributed by atoms with E-state index >= 15 is 0 Å². The monoisotopic (exact) mass is 365 g/mol. The van der Waals surface area contributed by atoms with Crippen molar-refractivity contribution in [3.8, 4) is 0 Å². The maximum Gasteiger partial charge on any atom is 0.349 e. The Morgan fingerprint density at radius 1 is 1.15 bits per heavy atom. The van der Waals surface area contributed by atoms with E-state index in [-0.39, 0.29) is 5.56 Å². The number of morpholine rings is 1. The van der Waals surface area contributed by atoms with E-state index in [1.54, 1.807) is 30.5 Å². The number of amides is 1. The van der Waals surface area contributed by atoms with Crippen LogP contribution < -0.4 is 15.8 Å². The minimum atomic E-state index is -0.644. The van der Waals surface area contributed by atoms with Gasteiger partial charge in [-0.15, -0.1) is 0 Å². The number of fused-ring (bicyclic) bond motifs is 1. The van der Waals surface area contributed by atoms with E-state index < -0.39 is 11.5 Å². The molecular formula is C20H19N3O4. The van der Waals surface area contributed by atoms with Crippen molar-refractivity contribution < 1.29 is 13.9 Å². The van der Waals surface area contributed by atoms with Gasteiger partial charge in [-0.3, -0.25) is 4.79 Å². The summed E-state index contributed by atoms with van der Waals surface area (Å²) >= 11 is 0. The van der Waals surface area contributed by atoms with Gasteiger partial charge in [0.05, 0.1) is 13.2 Å². The van der Waals surface area contributed by atoms with Crippen molar-refractivity contribution in [3.05, 3.63) is 70.2 Å². The van der Waals surface area contributed by atoms with Crippen molar-refractivity contribution in [2.24, 2.45) is 0 Å². The minimum Gasteiger partial charge on any atom is -0.422 e. The first-order valence-electron chi connectivity index (χ1n) is 8.79. The molecule has 0 spiro atoms. The first-order valence-corrected chi connectivity index (χ1v) is 8.79. The lowest BCUT2D eigenvalue weighted by Crippen LogP contribution is -2.36. The molecule has 3 heterocycles. The molecule has 1 aliphatic heterocycles. The highest BCUT2D eigenvalue weighted by molar-refractivity contribution is 5.96. The summed E-state index contributed by atoms with van der Waals surface area (Å²) in [6.07, 6.45) is 1.72. The lowest BCUT2D eigenvalue weighted by molar-refractivity contribution is 0.0947. The van der Waals surface area contributed by atoms with E-state index in [0.717, 1.165) is 24.5 Å². The number of nitrogens with zero attached hydrogens (tertiary/aromatic N) is 2. The Bertz CT molecular complexity index is 1020. The fraction of sp³-hybridized carbons (Fsp3) is 0.250. The normalized spacial score (nSPS) is 14.3. The second-order valence-electron chi connectivity index (χ2n) is 6.29. The molecule has 1 amide bonds. The van der Waals surface area contributed by atoms with Gasteiger partial charge in [0.15, 0.2) is 0 Å². The summed E-state index contributed by atoms with van der Waals surface area (Å²) in [6, 6.07) is 12.4. The molecule has 0 saturated carbocycles. The van der Waals surface area contributed by atoms with Crippen LogP contribution in [0.1, 0.15) is 15.9 Å². The highest BCUT2D eigenvalue weighted by atomic mass is 16.5. The predicted molar refractivity (Wildman–Crippen MR) is 101 cm³/mol. The highest BCUT2D eigenvalue weighted by Gasteiger charge is 2.15. The number of para-hydroxylation sites is 1. The number of aromatic nitrogens is 1. The number of anilines is 1. The second kappa shape index (κ2) is 7.59. The molecule has 1 aliphatic rings. The van der Waals surface area contributed by atoms with E-state index in [1.165, 1.54) is 0 Å². The lowest BCUT2D eigenvalue weighted by atomic mass is 10.1. The van der Waals surface area contributed by atoms with Crippen LogP contribution >= 0.6 is 0 Å². The fourth-order valence-corrected chi connectivity index (χ4v) is 3.03. The van der Waals surface area contributed by atoms with Gasteiger partial charge in [-0.25, -0.2) is 9.78 Å². The van der Waals surface area contributed by atoms with Crippen molar-refractivity contribution in [3.63, 3.8) is 0 Å². The summed E-state index contributed by atoms with van der Waals surface area (Å²) in [5, 5.41) is 3.49. The SMILES string of the molecule is O=C(NCc1ccnc(N2CCOCC2)c1)c1cc2ccccc2oc1=O. The van der Waals surface area contributed by atoms with Crippen LogP contribution in [0.15, 0.2) is 57.9 Å². The van der Waals surface area contributed by atoms with Crippen LogP contribution in [-0.2, 0) is 11.3 Å². The van der Waals surface area contributed by atoms with Gasteiger partial charge in [-0.2, -0.15) is 0 Å². The molecule has 2 aromatic heterocycles. The van der Waals surface area contributed by atoms with Gasteiger partial charge in [-0.1, -0.05) is 18.2 Å². The van der Waals surface area contributed by atoms with E-state index in [0.29, 0.717) is 30.7 Å². The third-order valence-electron chi connectivity index (χ3n) is 4.48. The van der Waals surface area contributed by atoms with Gasteiger partial charge in [0, 0.05) is 31.2 Å². The molecule has 1 fully saturated rings. The molecule has 0 radical (unpaired) electrons. The Balaban J connectivity index is 1.48. The van der Waals surface area contributed by atoms with E-state index in [1.807, 2.05) is 18.2 Å². The molecule has 0 aliphatic carbocycles. The smallest absolute Gasteiger partial charge is 0.349 e. The molecule has 27 heavy (non-hydrogen) atoms. The van der Waals surface area contributed by atoms with E-state index in [4.69, 9.17) is 9.15 Å². The molecule has 1 aromatic carbocycles. The van der Waals surface area contributed by atoms with Crippen LogP contribution in [0, 0.1) is 0 Å². The number of ether oxygens (including phenoxy) is 1. The summed E-state index contributed by atoms with van der Waals surface area (Å²) in [4.78, 5) is 31.1. The van der Waals surface area contributed by atoms with Gasteiger partial charge in [0.1, 0.15) is 17.0 Å². The van der Waals surface area contributed by atoms with Crippen LogP contribution in [0.25, 0.3) is 11.0 Å². The molecule has 0 unspecified atom stereocenters. The molecule has 1 N–H and O–H groups in total. The quantitative estimate of drug-likeness (QED) is 0.712. The Hall–Kier alpha value is -3.19. The van der Waals surface area contributed by atoms with Gasteiger partial charge in [0.2, 0.25) is 0 Å². The number of carbonyl (C=O) groups is 1. The molecule has 7 nitrogen and oxygen atoms in total. The molecule has 1 saturated heterocycles. The number of hydrogen-bond acceptors (Lipinski definition) is 6. The summed E-state index contributed by atoms with van der Waals surface area (Å²) in [6.45, 7) is 3.24. The molecule has 3 aromatic rings. The van der Waals surface area contributed by atoms with Gasteiger partial charge < -0.3 is 19.4 Å². The van der Waals surface area contributed by atoms with Gasteiger partial charge in [-0.05, 0) is 29.8 Å². The van der Waals surface area contributed by atoms with E-state index in [2.05, 4.69) is 15.2 Å². The van der Waals surface area contributed by atoms with Crippen molar-refractivity contribution in [2.75, 3.05) is 31.2 Å². The van der Waals surface area contributed by atoms with Crippen molar-refractivity contribution in [2.45, 2.75) is 6.54 Å². The van der Waals surface area contributed by atoms with Crippen LogP contribution in [0.2, 0.25) is 0 Å². The van der Waals surface area contributed by atoms with Crippen LogP contribution in [0.4, 0.5) is 5.82 Å². The van der Waals surface area contributed by atoms with Crippen LogP contribution in [-0.4, -0.2) is 37.2 Å². The maximum atomic E-state index is 12.5. The highest BCUT2D eigenvalue weighted by Crippen LogP contribution is 2.15. The Labute approximate surface area is 155 Å². The summed E-state index contributed by atoms with van der Waals surface area (Å²) in [5.74, 6) is 0.398. The van der Waals surface area contributed by atoms with Gasteiger partial charge >= 0.3 is 5.63 Å². The zero-order chi connectivity index (χ0) is 18.6. The average molecular weight is 365 g/mol. The van der Waals surface area contributed by atoms with Crippen molar-refractivity contribution >= 4 is 22.7 Å². The number of nitrogens with one attached hydrogen (secondary N) is 1. The fourth-order valence-electron chi connectivity index (χ4n) is 3.03. The summed E-state index contributed by atoms with van der Waals surface area (Å²) in [5.41, 5.74) is 0.722. The Morgan fingerprint density at radius 3 is 2.81 bits per heavy atom. The summed E-state index contributed by atoms with van der Waals surface area (Å²) in [7, 11) is 0. The van der Waals surface area contributed by atoms with Crippen LogP contribution in [0.5, 0.6) is 0 Å². The first kappa shape index (κ1) is 17.2.